The van der Waals surface area contributed by atoms with E-state index in [1.165, 1.54) is 0 Å². The van der Waals surface area contributed by atoms with Crippen LogP contribution >= 0.6 is 0 Å². The van der Waals surface area contributed by atoms with Crippen LogP contribution in [0.3, 0.4) is 0 Å². The van der Waals surface area contributed by atoms with Gasteiger partial charge in [0.1, 0.15) is 0 Å². The zero-order chi connectivity index (χ0) is 14.7. The highest BCUT2D eigenvalue weighted by Gasteiger charge is 2.33. The first-order chi connectivity index (χ1) is 8.59. The first kappa shape index (κ1) is 16.4. The number of rotatable bonds is 6. The van der Waals surface area contributed by atoms with Crippen LogP contribution in [-0.4, -0.2) is 67.2 Å². The number of carbonyl (C=O) groups is 1. The van der Waals surface area contributed by atoms with Crippen molar-refractivity contribution in [2.24, 2.45) is 0 Å². The molecule has 112 valence electrons. The van der Waals surface area contributed by atoms with Gasteiger partial charge in [0, 0.05) is 12.6 Å². The number of carboxylic acid groups (broad SMARTS) is 1. The second kappa shape index (κ2) is 6.19. The minimum atomic E-state index is -3.01. The fourth-order valence-electron chi connectivity index (χ4n) is 2.10. The van der Waals surface area contributed by atoms with Crippen molar-refractivity contribution in [3.63, 3.8) is 0 Å². The maximum absolute atomic E-state index is 11.5. The summed E-state index contributed by atoms with van der Waals surface area (Å²) in [6.07, 6.45) is 0.505. The Kier molecular flexibility index (Phi) is 5.34. The Morgan fingerprint density at radius 3 is 2.47 bits per heavy atom. The molecule has 0 saturated carbocycles. The fourth-order valence-corrected chi connectivity index (χ4v) is 3.86. The van der Waals surface area contributed by atoms with Crippen LogP contribution in [0.2, 0.25) is 0 Å². The van der Waals surface area contributed by atoms with E-state index in [2.05, 4.69) is 0 Å². The summed E-state index contributed by atoms with van der Waals surface area (Å²) in [4.78, 5) is 12.5. The van der Waals surface area contributed by atoms with Crippen molar-refractivity contribution in [2.45, 2.75) is 38.8 Å². The lowest BCUT2D eigenvalue weighted by Gasteiger charge is -2.28. The third kappa shape index (κ3) is 6.35. The number of hydrogen-bond acceptors (Lipinski definition) is 5. The van der Waals surface area contributed by atoms with Gasteiger partial charge in [-0.2, -0.15) is 0 Å². The second-order valence-corrected chi connectivity index (χ2v) is 8.11. The molecule has 0 amide bonds. The molecule has 7 heteroatoms. The molecule has 0 aromatic heterocycles. The molecule has 0 aromatic carbocycles. The molecular weight excluding hydrogens is 270 g/mol. The summed E-state index contributed by atoms with van der Waals surface area (Å²) in [5.41, 5.74) is -0.281. The van der Waals surface area contributed by atoms with E-state index in [-0.39, 0.29) is 29.7 Å². The van der Waals surface area contributed by atoms with E-state index in [1.54, 1.807) is 4.90 Å². The van der Waals surface area contributed by atoms with Crippen molar-refractivity contribution in [1.82, 2.24) is 4.90 Å². The van der Waals surface area contributed by atoms with E-state index >= 15 is 0 Å². The number of sulfone groups is 1. The van der Waals surface area contributed by atoms with Crippen molar-refractivity contribution >= 4 is 15.8 Å². The van der Waals surface area contributed by atoms with Gasteiger partial charge in [0.15, 0.2) is 9.84 Å². The van der Waals surface area contributed by atoms with Gasteiger partial charge in [-0.15, -0.1) is 0 Å². The second-order valence-electron chi connectivity index (χ2n) is 5.88. The van der Waals surface area contributed by atoms with Crippen LogP contribution < -0.4 is 0 Å². The normalized spacial score (nSPS) is 22.8. The summed E-state index contributed by atoms with van der Waals surface area (Å²) < 4.78 is 28.5. The number of nitrogens with zero attached hydrogens (tertiary/aromatic N) is 1. The van der Waals surface area contributed by atoms with E-state index in [1.807, 2.05) is 20.8 Å². The predicted octanol–water partition coefficient (Wildman–Crippen LogP) is 0.375. The van der Waals surface area contributed by atoms with Gasteiger partial charge in [0.25, 0.3) is 0 Å². The molecule has 1 fully saturated rings. The molecule has 1 N–H and O–H groups in total. The quantitative estimate of drug-likeness (QED) is 0.762. The summed E-state index contributed by atoms with van der Waals surface area (Å²) in [6.45, 7) is 6.46. The SMILES string of the molecule is CC(C)(C)OCCN(CC(=O)O)C1CCS(=O)(=O)C1. The molecule has 0 bridgehead atoms. The lowest BCUT2D eigenvalue weighted by atomic mass is 10.2. The standard InChI is InChI=1S/C12H23NO5S/c1-12(2,3)18-6-5-13(8-11(14)15)10-4-7-19(16,17)9-10/h10H,4-9H2,1-3H3,(H,14,15). The lowest BCUT2D eigenvalue weighted by Crippen LogP contribution is -2.42. The van der Waals surface area contributed by atoms with Gasteiger partial charge in [-0.05, 0) is 27.2 Å². The number of ether oxygens (including phenoxy) is 1. The first-order valence-electron chi connectivity index (χ1n) is 6.39. The smallest absolute Gasteiger partial charge is 0.317 e. The molecule has 1 aliphatic rings. The van der Waals surface area contributed by atoms with Crippen LogP contribution in [0.15, 0.2) is 0 Å². The average molecular weight is 293 g/mol. The van der Waals surface area contributed by atoms with E-state index in [0.717, 1.165) is 0 Å². The van der Waals surface area contributed by atoms with Gasteiger partial charge in [-0.25, -0.2) is 8.42 Å². The molecule has 1 heterocycles. The largest absolute Gasteiger partial charge is 0.480 e. The monoisotopic (exact) mass is 293 g/mol. The molecule has 1 unspecified atom stereocenters. The molecule has 0 aliphatic carbocycles. The van der Waals surface area contributed by atoms with Crippen LogP contribution in [0, 0.1) is 0 Å². The van der Waals surface area contributed by atoms with Gasteiger partial charge in [0.05, 0.1) is 30.3 Å². The Balaban J connectivity index is 2.55. The van der Waals surface area contributed by atoms with Crippen LogP contribution in [0.1, 0.15) is 27.2 Å². The summed E-state index contributed by atoms with van der Waals surface area (Å²) in [5.74, 6) is -0.746. The van der Waals surface area contributed by atoms with Gasteiger partial charge in [-0.3, -0.25) is 9.69 Å². The molecule has 0 spiro atoms. The van der Waals surface area contributed by atoms with Gasteiger partial charge in [-0.1, -0.05) is 0 Å². The maximum Gasteiger partial charge on any atom is 0.317 e. The molecule has 19 heavy (non-hydrogen) atoms. The minimum absolute atomic E-state index is 0.0514. The minimum Gasteiger partial charge on any atom is -0.480 e. The third-order valence-corrected chi connectivity index (χ3v) is 4.73. The Labute approximate surface area is 114 Å². The lowest BCUT2D eigenvalue weighted by molar-refractivity contribution is -0.139. The van der Waals surface area contributed by atoms with Crippen LogP contribution in [0.4, 0.5) is 0 Å². The summed E-state index contributed by atoms with van der Waals surface area (Å²) in [7, 11) is -3.01. The van der Waals surface area contributed by atoms with Crippen molar-refractivity contribution in [2.75, 3.05) is 31.2 Å². The highest BCUT2D eigenvalue weighted by Crippen LogP contribution is 2.18. The van der Waals surface area contributed by atoms with Crippen LogP contribution in [0.25, 0.3) is 0 Å². The Hall–Kier alpha value is -0.660. The highest BCUT2D eigenvalue weighted by molar-refractivity contribution is 7.91. The Morgan fingerprint density at radius 2 is 2.05 bits per heavy atom. The molecular formula is C12H23NO5S. The Morgan fingerprint density at radius 1 is 1.42 bits per heavy atom. The maximum atomic E-state index is 11.5. The fraction of sp³-hybridized carbons (Fsp3) is 0.917. The molecule has 1 aliphatic heterocycles. The van der Waals surface area contributed by atoms with E-state index in [0.29, 0.717) is 19.6 Å². The first-order valence-corrected chi connectivity index (χ1v) is 8.21. The van der Waals surface area contributed by atoms with E-state index in [4.69, 9.17) is 9.84 Å². The molecule has 0 aromatic rings. The zero-order valence-corrected chi connectivity index (χ0v) is 12.6. The molecule has 1 saturated heterocycles. The highest BCUT2D eigenvalue weighted by atomic mass is 32.2. The number of carboxylic acids is 1. The number of aliphatic carboxylic acids is 1. The molecule has 1 rings (SSSR count). The summed E-state index contributed by atoms with van der Waals surface area (Å²) in [6, 6.07) is -0.204. The predicted molar refractivity (Wildman–Crippen MR) is 72.0 cm³/mol. The molecule has 1 atom stereocenters. The topological polar surface area (TPSA) is 83.9 Å². The van der Waals surface area contributed by atoms with E-state index in [9.17, 15) is 13.2 Å². The van der Waals surface area contributed by atoms with Crippen LogP contribution in [-0.2, 0) is 19.4 Å². The van der Waals surface area contributed by atoms with E-state index < -0.39 is 15.8 Å². The number of hydrogen-bond donors (Lipinski definition) is 1. The Bertz CT molecular complexity index is 412. The van der Waals surface area contributed by atoms with Gasteiger partial charge in [0.2, 0.25) is 0 Å². The molecule has 6 nitrogen and oxygen atoms in total. The van der Waals surface area contributed by atoms with Crippen molar-refractivity contribution in [3.05, 3.63) is 0 Å². The zero-order valence-electron chi connectivity index (χ0n) is 11.8. The van der Waals surface area contributed by atoms with Crippen molar-refractivity contribution in [1.29, 1.82) is 0 Å². The van der Waals surface area contributed by atoms with Gasteiger partial charge < -0.3 is 9.84 Å². The van der Waals surface area contributed by atoms with Gasteiger partial charge >= 0.3 is 5.97 Å². The molecule has 0 radical (unpaired) electrons. The van der Waals surface area contributed by atoms with Crippen molar-refractivity contribution < 1.29 is 23.1 Å². The summed E-state index contributed by atoms with van der Waals surface area (Å²) >= 11 is 0. The third-order valence-electron chi connectivity index (χ3n) is 2.98. The van der Waals surface area contributed by atoms with Crippen molar-refractivity contribution in [3.8, 4) is 0 Å². The van der Waals surface area contributed by atoms with Crippen LogP contribution in [0.5, 0.6) is 0 Å². The average Bonchev–Trinajstić information content (AvgIpc) is 2.55. The summed E-state index contributed by atoms with van der Waals surface area (Å²) in [5, 5.41) is 8.90.